The van der Waals surface area contributed by atoms with Crippen molar-refractivity contribution >= 4 is 21.6 Å². The van der Waals surface area contributed by atoms with Crippen molar-refractivity contribution in [2.75, 3.05) is 17.8 Å². The van der Waals surface area contributed by atoms with Gasteiger partial charge in [0.25, 0.3) is 15.9 Å². The van der Waals surface area contributed by atoms with Gasteiger partial charge in [-0.2, -0.15) is 0 Å². The molecule has 24 heavy (non-hydrogen) atoms. The maximum atomic E-state index is 12.9. The molecule has 0 atom stereocenters. The highest BCUT2D eigenvalue weighted by Crippen LogP contribution is 2.19. The molecule has 0 aromatic heterocycles. The van der Waals surface area contributed by atoms with Gasteiger partial charge in [-0.15, -0.1) is 0 Å². The van der Waals surface area contributed by atoms with Crippen molar-refractivity contribution in [3.8, 4) is 0 Å². The molecular formula is C17H17FN2O3S. The van der Waals surface area contributed by atoms with Crippen molar-refractivity contribution in [3.63, 3.8) is 0 Å². The van der Waals surface area contributed by atoms with Gasteiger partial charge < -0.3 is 4.90 Å². The Morgan fingerprint density at radius 3 is 2.12 bits per heavy atom. The van der Waals surface area contributed by atoms with Crippen LogP contribution in [0.4, 0.5) is 10.1 Å². The molecule has 0 unspecified atom stereocenters. The van der Waals surface area contributed by atoms with Crippen LogP contribution in [0.3, 0.4) is 0 Å². The average molecular weight is 348 g/mol. The summed E-state index contributed by atoms with van der Waals surface area (Å²) in [4.78, 5) is 14.0. The number of benzene rings is 2. The summed E-state index contributed by atoms with van der Waals surface area (Å²) in [5, 5.41) is 0. The molecule has 0 spiro atoms. The molecule has 1 saturated heterocycles. The Kier molecular flexibility index (Phi) is 4.53. The van der Waals surface area contributed by atoms with Crippen LogP contribution in [-0.2, 0) is 10.0 Å². The number of likely N-dealkylation sites (tertiary alicyclic amines) is 1. The van der Waals surface area contributed by atoms with Crippen molar-refractivity contribution in [1.29, 1.82) is 0 Å². The highest BCUT2D eigenvalue weighted by atomic mass is 32.2. The van der Waals surface area contributed by atoms with E-state index in [9.17, 15) is 17.6 Å². The van der Waals surface area contributed by atoms with Gasteiger partial charge in [0.15, 0.2) is 0 Å². The Bertz CT molecular complexity index is 827. The third-order valence-electron chi connectivity index (χ3n) is 3.90. The van der Waals surface area contributed by atoms with Crippen molar-refractivity contribution in [2.24, 2.45) is 0 Å². The van der Waals surface area contributed by atoms with Crippen LogP contribution in [0.2, 0.25) is 0 Å². The Hall–Kier alpha value is -2.41. The number of halogens is 1. The molecule has 7 heteroatoms. The van der Waals surface area contributed by atoms with Gasteiger partial charge in [0.05, 0.1) is 4.90 Å². The zero-order valence-electron chi connectivity index (χ0n) is 12.9. The average Bonchev–Trinajstić information content (AvgIpc) is 3.09. The van der Waals surface area contributed by atoms with E-state index in [1.54, 1.807) is 29.2 Å². The maximum absolute atomic E-state index is 12.9. The minimum absolute atomic E-state index is 0.0267. The minimum Gasteiger partial charge on any atom is -0.339 e. The number of carbonyl (C=O) groups is 1. The Morgan fingerprint density at radius 2 is 1.54 bits per heavy atom. The van der Waals surface area contributed by atoms with Crippen LogP contribution < -0.4 is 4.72 Å². The van der Waals surface area contributed by atoms with Crippen LogP contribution in [0.15, 0.2) is 53.4 Å². The van der Waals surface area contributed by atoms with E-state index in [4.69, 9.17) is 0 Å². The van der Waals surface area contributed by atoms with Gasteiger partial charge in [-0.1, -0.05) is 0 Å². The highest BCUT2D eigenvalue weighted by Gasteiger charge is 2.19. The van der Waals surface area contributed by atoms with Gasteiger partial charge in [0.1, 0.15) is 5.82 Å². The minimum atomic E-state index is -3.79. The zero-order chi connectivity index (χ0) is 17.2. The Morgan fingerprint density at radius 1 is 0.958 bits per heavy atom. The standard InChI is InChI=1S/C17H17FN2O3S/c18-14-5-9-16(10-6-14)24(22,23)19-15-7-3-13(4-8-15)17(21)20-11-1-2-12-20/h3-10,19H,1-2,11-12H2. The number of hydrogen-bond donors (Lipinski definition) is 1. The molecule has 0 bridgehead atoms. The van der Waals surface area contributed by atoms with E-state index in [1.165, 1.54) is 12.1 Å². The predicted octanol–water partition coefficient (Wildman–Crippen LogP) is 2.86. The summed E-state index contributed by atoms with van der Waals surface area (Å²) in [6.45, 7) is 1.52. The number of amides is 1. The largest absolute Gasteiger partial charge is 0.339 e. The number of nitrogens with one attached hydrogen (secondary N) is 1. The third-order valence-corrected chi connectivity index (χ3v) is 5.30. The molecule has 3 rings (SSSR count). The van der Waals surface area contributed by atoms with Crippen LogP contribution in [-0.4, -0.2) is 32.3 Å². The molecule has 0 saturated carbocycles. The summed E-state index contributed by atoms with van der Waals surface area (Å²) in [7, 11) is -3.79. The summed E-state index contributed by atoms with van der Waals surface area (Å²) in [6, 6.07) is 10.9. The van der Waals surface area contributed by atoms with E-state index in [2.05, 4.69) is 4.72 Å². The molecule has 1 N–H and O–H groups in total. The number of anilines is 1. The SMILES string of the molecule is O=C(c1ccc(NS(=O)(=O)c2ccc(F)cc2)cc1)N1CCCC1. The fraction of sp³-hybridized carbons (Fsp3) is 0.235. The van der Waals surface area contributed by atoms with Gasteiger partial charge in [-0.25, -0.2) is 12.8 Å². The first-order valence-electron chi connectivity index (χ1n) is 7.63. The van der Waals surface area contributed by atoms with E-state index in [1.807, 2.05) is 0 Å². The molecule has 1 aliphatic rings. The van der Waals surface area contributed by atoms with E-state index in [-0.39, 0.29) is 10.8 Å². The molecule has 0 aliphatic carbocycles. The predicted molar refractivity (Wildman–Crippen MR) is 88.8 cm³/mol. The van der Waals surface area contributed by atoms with E-state index in [0.717, 1.165) is 38.1 Å². The monoisotopic (exact) mass is 348 g/mol. The lowest BCUT2D eigenvalue weighted by Crippen LogP contribution is -2.27. The number of carbonyl (C=O) groups excluding carboxylic acids is 1. The molecule has 1 aliphatic heterocycles. The molecule has 1 fully saturated rings. The second-order valence-electron chi connectivity index (χ2n) is 5.64. The highest BCUT2D eigenvalue weighted by molar-refractivity contribution is 7.92. The van der Waals surface area contributed by atoms with E-state index >= 15 is 0 Å². The van der Waals surface area contributed by atoms with E-state index < -0.39 is 15.8 Å². The van der Waals surface area contributed by atoms with Crippen molar-refractivity contribution in [3.05, 3.63) is 59.9 Å². The maximum Gasteiger partial charge on any atom is 0.261 e. The second kappa shape index (κ2) is 6.60. The van der Waals surface area contributed by atoms with Crippen molar-refractivity contribution in [2.45, 2.75) is 17.7 Å². The summed E-state index contributed by atoms with van der Waals surface area (Å²) in [6.07, 6.45) is 2.03. The summed E-state index contributed by atoms with van der Waals surface area (Å²) < 4.78 is 39.8. The topological polar surface area (TPSA) is 66.5 Å². The Labute approximate surface area is 140 Å². The van der Waals surface area contributed by atoms with E-state index in [0.29, 0.717) is 11.3 Å². The first-order chi connectivity index (χ1) is 11.5. The lowest BCUT2D eigenvalue weighted by atomic mass is 10.2. The van der Waals surface area contributed by atoms with Crippen molar-refractivity contribution < 1.29 is 17.6 Å². The molecule has 0 radical (unpaired) electrons. The number of nitrogens with zero attached hydrogens (tertiary/aromatic N) is 1. The van der Waals surface area contributed by atoms with Crippen LogP contribution in [0.1, 0.15) is 23.2 Å². The zero-order valence-corrected chi connectivity index (χ0v) is 13.7. The first kappa shape index (κ1) is 16.4. The fourth-order valence-electron chi connectivity index (χ4n) is 2.61. The van der Waals surface area contributed by atoms with Gasteiger partial charge in [0.2, 0.25) is 0 Å². The van der Waals surface area contributed by atoms with Crippen LogP contribution >= 0.6 is 0 Å². The molecule has 126 valence electrons. The molecule has 2 aromatic carbocycles. The molecular weight excluding hydrogens is 331 g/mol. The molecule has 2 aromatic rings. The van der Waals surface area contributed by atoms with Gasteiger partial charge in [-0.3, -0.25) is 9.52 Å². The molecule has 5 nitrogen and oxygen atoms in total. The van der Waals surface area contributed by atoms with Gasteiger partial charge in [0, 0.05) is 24.3 Å². The molecule has 1 heterocycles. The van der Waals surface area contributed by atoms with Crippen LogP contribution in [0.5, 0.6) is 0 Å². The normalized spacial score (nSPS) is 14.6. The summed E-state index contributed by atoms with van der Waals surface area (Å²) in [5.41, 5.74) is 0.874. The lowest BCUT2D eigenvalue weighted by molar-refractivity contribution is 0.0793. The Balaban J connectivity index is 1.73. The number of sulfonamides is 1. The number of rotatable bonds is 4. The summed E-state index contributed by atoms with van der Waals surface area (Å²) >= 11 is 0. The quantitative estimate of drug-likeness (QED) is 0.924. The first-order valence-corrected chi connectivity index (χ1v) is 9.12. The van der Waals surface area contributed by atoms with Crippen molar-refractivity contribution in [1.82, 2.24) is 4.90 Å². The van der Waals surface area contributed by atoms with Gasteiger partial charge in [-0.05, 0) is 61.4 Å². The second-order valence-corrected chi connectivity index (χ2v) is 7.32. The molecule has 1 amide bonds. The third kappa shape index (κ3) is 3.56. The fourth-order valence-corrected chi connectivity index (χ4v) is 3.67. The van der Waals surface area contributed by atoms with Crippen LogP contribution in [0.25, 0.3) is 0 Å². The smallest absolute Gasteiger partial charge is 0.261 e. The van der Waals surface area contributed by atoms with Crippen LogP contribution in [0, 0.1) is 5.82 Å². The lowest BCUT2D eigenvalue weighted by Gasteiger charge is -2.15. The van der Waals surface area contributed by atoms with Gasteiger partial charge >= 0.3 is 0 Å². The summed E-state index contributed by atoms with van der Waals surface area (Å²) in [5.74, 6) is -0.542. The number of hydrogen-bond acceptors (Lipinski definition) is 3.